The molecule has 0 aromatic carbocycles. The van der Waals surface area contributed by atoms with Gasteiger partial charge in [-0.3, -0.25) is 0 Å². The van der Waals surface area contributed by atoms with Gasteiger partial charge >= 0.3 is 0 Å². The SMILES string of the molecule is CCNC(C)C(C)Sc1nnc(C)o1. The molecule has 4 nitrogen and oxygen atoms in total. The van der Waals surface area contributed by atoms with Gasteiger partial charge in [0.1, 0.15) is 0 Å². The second-order valence-electron chi connectivity index (χ2n) is 3.26. The number of nitrogens with zero attached hydrogens (tertiary/aromatic N) is 2. The fraction of sp³-hybridized carbons (Fsp3) is 0.778. The molecule has 2 unspecified atom stereocenters. The van der Waals surface area contributed by atoms with Crippen molar-refractivity contribution in [1.82, 2.24) is 15.5 Å². The van der Waals surface area contributed by atoms with Gasteiger partial charge in [-0.15, -0.1) is 10.2 Å². The van der Waals surface area contributed by atoms with E-state index in [1.54, 1.807) is 18.7 Å². The molecular formula is C9H17N3OS. The zero-order chi connectivity index (χ0) is 10.6. The summed E-state index contributed by atoms with van der Waals surface area (Å²) in [6.07, 6.45) is 0. The predicted molar refractivity (Wildman–Crippen MR) is 57.5 cm³/mol. The van der Waals surface area contributed by atoms with Crippen LogP contribution in [0, 0.1) is 6.92 Å². The fourth-order valence-corrected chi connectivity index (χ4v) is 1.95. The number of aromatic nitrogens is 2. The molecule has 0 spiro atoms. The summed E-state index contributed by atoms with van der Waals surface area (Å²) in [5.41, 5.74) is 0. The van der Waals surface area contributed by atoms with E-state index in [9.17, 15) is 0 Å². The summed E-state index contributed by atoms with van der Waals surface area (Å²) in [6.45, 7) is 9.19. The topological polar surface area (TPSA) is 51.0 Å². The van der Waals surface area contributed by atoms with Crippen LogP contribution in [0.5, 0.6) is 0 Å². The van der Waals surface area contributed by atoms with Crippen LogP contribution in [-0.2, 0) is 0 Å². The van der Waals surface area contributed by atoms with E-state index in [1.165, 1.54) is 0 Å². The number of hydrogen-bond donors (Lipinski definition) is 1. The van der Waals surface area contributed by atoms with Crippen molar-refractivity contribution in [2.24, 2.45) is 0 Å². The Labute approximate surface area is 88.9 Å². The molecule has 1 heterocycles. The molecule has 0 aliphatic heterocycles. The molecule has 0 amide bonds. The van der Waals surface area contributed by atoms with Crippen molar-refractivity contribution in [1.29, 1.82) is 0 Å². The maximum absolute atomic E-state index is 5.30. The highest BCUT2D eigenvalue weighted by atomic mass is 32.2. The minimum absolute atomic E-state index is 0.426. The van der Waals surface area contributed by atoms with Crippen LogP contribution in [-0.4, -0.2) is 28.0 Å². The third-order valence-corrected chi connectivity index (χ3v) is 3.17. The Bertz CT molecular complexity index is 277. The van der Waals surface area contributed by atoms with Gasteiger partial charge in [-0.2, -0.15) is 0 Å². The molecule has 1 rings (SSSR count). The molecule has 1 aromatic rings. The first-order valence-corrected chi connectivity index (χ1v) is 5.71. The summed E-state index contributed by atoms with van der Waals surface area (Å²) < 4.78 is 5.30. The van der Waals surface area contributed by atoms with Crippen LogP contribution in [0.25, 0.3) is 0 Å². The van der Waals surface area contributed by atoms with Crippen molar-refractivity contribution in [3.8, 4) is 0 Å². The lowest BCUT2D eigenvalue weighted by Crippen LogP contribution is -2.33. The highest BCUT2D eigenvalue weighted by Gasteiger charge is 2.15. The van der Waals surface area contributed by atoms with Gasteiger partial charge in [0.2, 0.25) is 5.89 Å². The van der Waals surface area contributed by atoms with Crippen molar-refractivity contribution in [3.05, 3.63) is 5.89 Å². The molecule has 0 aliphatic carbocycles. The van der Waals surface area contributed by atoms with Crippen LogP contribution in [0.15, 0.2) is 9.64 Å². The van der Waals surface area contributed by atoms with Gasteiger partial charge in [-0.05, 0) is 13.5 Å². The second-order valence-corrected chi connectivity index (χ2v) is 4.58. The summed E-state index contributed by atoms with van der Waals surface area (Å²) in [7, 11) is 0. The molecule has 1 aromatic heterocycles. The van der Waals surface area contributed by atoms with Crippen LogP contribution in [0.2, 0.25) is 0 Å². The standard InChI is InChI=1S/C9H17N3OS/c1-5-10-6(2)7(3)14-9-12-11-8(4)13-9/h6-7,10H,5H2,1-4H3. The summed E-state index contributed by atoms with van der Waals surface area (Å²) in [5.74, 6) is 0.621. The van der Waals surface area contributed by atoms with E-state index in [1.807, 2.05) is 0 Å². The normalized spacial score (nSPS) is 15.4. The van der Waals surface area contributed by atoms with E-state index >= 15 is 0 Å². The van der Waals surface area contributed by atoms with Gasteiger partial charge in [-0.1, -0.05) is 25.6 Å². The average molecular weight is 215 g/mol. The Balaban J connectivity index is 2.43. The van der Waals surface area contributed by atoms with E-state index in [0.29, 0.717) is 22.4 Å². The third-order valence-electron chi connectivity index (χ3n) is 2.02. The second kappa shape index (κ2) is 5.36. The van der Waals surface area contributed by atoms with E-state index < -0.39 is 0 Å². The minimum Gasteiger partial charge on any atom is -0.416 e. The Kier molecular flexibility index (Phi) is 4.41. The Morgan fingerprint density at radius 2 is 2.14 bits per heavy atom. The zero-order valence-corrected chi connectivity index (χ0v) is 9.89. The van der Waals surface area contributed by atoms with Gasteiger partial charge in [-0.25, -0.2) is 0 Å². The fourth-order valence-electron chi connectivity index (χ4n) is 1.08. The molecule has 80 valence electrons. The van der Waals surface area contributed by atoms with Crippen molar-refractivity contribution in [3.63, 3.8) is 0 Å². The van der Waals surface area contributed by atoms with Crippen LogP contribution < -0.4 is 5.32 Å². The third kappa shape index (κ3) is 3.31. The summed E-state index contributed by atoms with van der Waals surface area (Å²) in [5, 5.41) is 12.2. The first kappa shape index (κ1) is 11.5. The molecule has 0 radical (unpaired) electrons. The van der Waals surface area contributed by atoms with E-state index in [-0.39, 0.29) is 0 Å². The largest absolute Gasteiger partial charge is 0.416 e. The van der Waals surface area contributed by atoms with Crippen LogP contribution in [0.3, 0.4) is 0 Å². The highest BCUT2D eigenvalue weighted by molar-refractivity contribution is 7.99. The smallest absolute Gasteiger partial charge is 0.276 e. The van der Waals surface area contributed by atoms with E-state index in [2.05, 4.69) is 36.3 Å². The molecule has 0 aliphatic rings. The highest BCUT2D eigenvalue weighted by Crippen LogP contribution is 2.23. The summed E-state index contributed by atoms with van der Waals surface area (Å²) in [6, 6.07) is 0.442. The summed E-state index contributed by atoms with van der Waals surface area (Å²) >= 11 is 1.61. The number of aryl methyl sites for hydroxylation is 1. The lowest BCUT2D eigenvalue weighted by Gasteiger charge is -2.17. The first-order chi connectivity index (χ1) is 6.63. The number of hydrogen-bond acceptors (Lipinski definition) is 5. The Morgan fingerprint density at radius 3 is 2.64 bits per heavy atom. The molecule has 0 saturated heterocycles. The molecule has 0 fully saturated rings. The molecule has 0 bridgehead atoms. The zero-order valence-electron chi connectivity index (χ0n) is 9.07. The molecule has 0 saturated carbocycles. The van der Waals surface area contributed by atoms with Gasteiger partial charge in [0, 0.05) is 18.2 Å². The lowest BCUT2D eigenvalue weighted by atomic mass is 10.2. The monoisotopic (exact) mass is 215 g/mol. The van der Waals surface area contributed by atoms with E-state index in [4.69, 9.17) is 4.42 Å². The molecule has 1 N–H and O–H groups in total. The van der Waals surface area contributed by atoms with Crippen LogP contribution in [0.1, 0.15) is 26.7 Å². The summed E-state index contributed by atoms with van der Waals surface area (Å²) in [4.78, 5) is 0. The molecule has 2 atom stereocenters. The van der Waals surface area contributed by atoms with Gasteiger partial charge in [0.15, 0.2) is 0 Å². The first-order valence-electron chi connectivity index (χ1n) is 4.83. The van der Waals surface area contributed by atoms with Crippen LogP contribution in [0.4, 0.5) is 0 Å². The predicted octanol–water partition coefficient (Wildman–Crippen LogP) is 1.86. The number of thioether (sulfide) groups is 1. The van der Waals surface area contributed by atoms with Crippen LogP contribution >= 0.6 is 11.8 Å². The minimum atomic E-state index is 0.426. The Hall–Kier alpha value is -0.550. The number of rotatable bonds is 5. The van der Waals surface area contributed by atoms with Gasteiger partial charge in [0.25, 0.3) is 5.22 Å². The Morgan fingerprint density at radius 1 is 1.43 bits per heavy atom. The molecule has 5 heteroatoms. The molecule has 14 heavy (non-hydrogen) atoms. The maximum Gasteiger partial charge on any atom is 0.276 e. The lowest BCUT2D eigenvalue weighted by molar-refractivity contribution is 0.427. The quantitative estimate of drug-likeness (QED) is 0.760. The average Bonchev–Trinajstić information content (AvgIpc) is 2.51. The van der Waals surface area contributed by atoms with Crippen molar-refractivity contribution in [2.75, 3.05) is 6.54 Å². The van der Waals surface area contributed by atoms with Gasteiger partial charge in [0.05, 0.1) is 0 Å². The maximum atomic E-state index is 5.30. The van der Waals surface area contributed by atoms with Crippen molar-refractivity contribution < 1.29 is 4.42 Å². The van der Waals surface area contributed by atoms with Crippen molar-refractivity contribution in [2.45, 2.75) is 44.2 Å². The van der Waals surface area contributed by atoms with E-state index in [0.717, 1.165) is 6.54 Å². The number of nitrogens with one attached hydrogen (secondary N) is 1. The van der Waals surface area contributed by atoms with Gasteiger partial charge < -0.3 is 9.73 Å². The van der Waals surface area contributed by atoms with Crippen molar-refractivity contribution >= 4 is 11.8 Å². The molecular weight excluding hydrogens is 198 g/mol.